The summed E-state index contributed by atoms with van der Waals surface area (Å²) in [4.78, 5) is 28.8. The van der Waals surface area contributed by atoms with Crippen molar-refractivity contribution in [3.63, 3.8) is 0 Å². The number of pyridine rings is 1. The molecule has 34 heavy (non-hydrogen) atoms. The van der Waals surface area contributed by atoms with Crippen molar-refractivity contribution in [3.05, 3.63) is 80.6 Å². The summed E-state index contributed by atoms with van der Waals surface area (Å²) in [6.45, 7) is 7.17. The first-order valence-corrected chi connectivity index (χ1v) is 13.1. The molecule has 0 unspecified atom stereocenters. The minimum Gasteiger partial charge on any atom is -0.379 e. The molecule has 2 heterocycles. The second-order valence-electron chi connectivity index (χ2n) is 8.31. The number of aryl methyl sites for hydroxylation is 1. The standard InChI is InChI=1S/C26H30ClN3O3S/c1-2-34-14-11-30-18-23(26(32)28-16-19-3-6-21(27)7-4-19)25(31)22-15-20(5-8-24(22)30)17-29-9-12-33-13-10-29/h3-8,15,18H,2,9-14,16-17H2,1H3,(H,28,32). The van der Waals surface area contributed by atoms with Crippen LogP contribution in [0.5, 0.6) is 0 Å². The summed E-state index contributed by atoms with van der Waals surface area (Å²) >= 11 is 7.78. The lowest BCUT2D eigenvalue weighted by molar-refractivity contribution is 0.0342. The van der Waals surface area contributed by atoms with E-state index in [4.69, 9.17) is 16.3 Å². The molecule has 1 N–H and O–H groups in total. The quantitative estimate of drug-likeness (QED) is 0.448. The summed E-state index contributed by atoms with van der Waals surface area (Å²) in [6, 6.07) is 13.3. The van der Waals surface area contributed by atoms with Crippen molar-refractivity contribution in [3.8, 4) is 0 Å². The highest BCUT2D eigenvalue weighted by Gasteiger charge is 2.17. The highest BCUT2D eigenvalue weighted by Crippen LogP contribution is 2.18. The molecule has 1 saturated heterocycles. The Morgan fingerprint density at radius 3 is 2.59 bits per heavy atom. The number of amides is 1. The molecule has 0 radical (unpaired) electrons. The van der Waals surface area contributed by atoms with Crippen LogP contribution in [-0.2, 0) is 24.4 Å². The van der Waals surface area contributed by atoms with E-state index >= 15 is 0 Å². The fourth-order valence-electron chi connectivity index (χ4n) is 4.09. The summed E-state index contributed by atoms with van der Waals surface area (Å²) < 4.78 is 7.48. The largest absolute Gasteiger partial charge is 0.379 e. The van der Waals surface area contributed by atoms with E-state index in [2.05, 4.69) is 23.2 Å². The maximum absolute atomic E-state index is 13.4. The van der Waals surface area contributed by atoms with Gasteiger partial charge in [0.05, 0.1) is 18.7 Å². The van der Waals surface area contributed by atoms with Crippen LogP contribution in [0.2, 0.25) is 5.02 Å². The Kier molecular flexibility index (Phi) is 8.67. The fourth-order valence-corrected chi connectivity index (χ4v) is 4.83. The Bertz CT molecular complexity index is 1190. The Morgan fingerprint density at radius 2 is 1.85 bits per heavy atom. The van der Waals surface area contributed by atoms with Gasteiger partial charge >= 0.3 is 0 Å². The number of hydrogen-bond acceptors (Lipinski definition) is 5. The normalized spacial score (nSPS) is 14.4. The van der Waals surface area contributed by atoms with Gasteiger partial charge in [-0.05, 0) is 41.1 Å². The van der Waals surface area contributed by atoms with Crippen molar-refractivity contribution in [2.24, 2.45) is 0 Å². The van der Waals surface area contributed by atoms with Gasteiger partial charge in [-0.2, -0.15) is 11.8 Å². The lowest BCUT2D eigenvalue weighted by Gasteiger charge is -2.26. The van der Waals surface area contributed by atoms with Crippen molar-refractivity contribution < 1.29 is 9.53 Å². The third-order valence-electron chi connectivity index (χ3n) is 5.95. The van der Waals surface area contributed by atoms with E-state index in [1.54, 1.807) is 18.3 Å². The molecule has 8 heteroatoms. The Morgan fingerprint density at radius 1 is 1.12 bits per heavy atom. The molecule has 6 nitrogen and oxygen atoms in total. The Hall–Kier alpha value is -2.32. The molecule has 1 aliphatic rings. The molecule has 1 fully saturated rings. The van der Waals surface area contributed by atoms with Gasteiger partial charge in [0.1, 0.15) is 5.56 Å². The van der Waals surface area contributed by atoms with Crippen molar-refractivity contribution in [1.29, 1.82) is 0 Å². The number of hydrogen-bond donors (Lipinski definition) is 1. The molecule has 4 rings (SSSR count). The van der Waals surface area contributed by atoms with Gasteiger partial charge in [-0.1, -0.05) is 36.7 Å². The lowest BCUT2D eigenvalue weighted by atomic mass is 10.1. The monoisotopic (exact) mass is 499 g/mol. The van der Waals surface area contributed by atoms with Gasteiger partial charge in [-0.25, -0.2) is 0 Å². The number of nitrogens with zero attached hydrogens (tertiary/aromatic N) is 2. The molecule has 0 aliphatic carbocycles. The number of nitrogens with one attached hydrogen (secondary N) is 1. The number of carbonyl (C=O) groups excluding carboxylic acids is 1. The van der Waals surface area contributed by atoms with Crippen LogP contribution in [0.15, 0.2) is 53.5 Å². The van der Waals surface area contributed by atoms with Crippen LogP contribution >= 0.6 is 23.4 Å². The van der Waals surface area contributed by atoms with Crippen molar-refractivity contribution in [2.45, 2.75) is 26.6 Å². The van der Waals surface area contributed by atoms with Crippen LogP contribution in [0.3, 0.4) is 0 Å². The summed E-state index contributed by atoms with van der Waals surface area (Å²) in [5.74, 6) is 1.57. The number of aromatic nitrogens is 1. The van der Waals surface area contributed by atoms with Crippen LogP contribution in [0.25, 0.3) is 10.9 Å². The average molecular weight is 500 g/mol. The van der Waals surface area contributed by atoms with E-state index in [0.717, 1.165) is 67.5 Å². The maximum Gasteiger partial charge on any atom is 0.257 e. The topological polar surface area (TPSA) is 63.6 Å². The van der Waals surface area contributed by atoms with Gasteiger partial charge in [0, 0.05) is 55.1 Å². The van der Waals surface area contributed by atoms with Crippen LogP contribution in [0.1, 0.15) is 28.4 Å². The van der Waals surface area contributed by atoms with Crippen LogP contribution < -0.4 is 10.7 Å². The first-order chi connectivity index (χ1) is 16.5. The summed E-state index contributed by atoms with van der Waals surface area (Å²) in [7, 11) is 0. The number of rotatable bonds is 9. The van der Waals surface area contributed by atoms with E-state index in [0.29, 0.717) is 17.0 Å². The Labute approximate surface area is 209 Å². The molecule has 3 aromatic rings. The first kappa shape index (κ1) is 24.8. The van der Waals surface area contributed by atoms with Gasteiger partial charge in [0.25, 0.3) is 5.91 Å². The number of benzene rings is 2. The molecular weight excluding hydrogens is 470 g/mol. The number of fused-ring (bicyclic) bond motifs is 1. The molecule has 2 aromatic carbocycles. The summed E-state index contributed by atoms with van der Waals surface area (Å²) in [6.07, 6.45) is 1.71. The number of halogens is 1. The highest BCUT2D eigenvalue weighted by molar-refractivity contribution is 7.99. The fraction of sp³-hybridized carbons (Fsp3) is 0.385. The first-order valence-electron chi connectivity index (χ1n) is 11.6. The third kappa shape index (κ3) is 6.21. The number of thioether (sulfide) groups is 1. The van der Waals surface area contributed by atoms with Crippen LogP contribution in [0, 0.1) is 0 Å². The molecule has 0 spiro atoms. The second-order valence-corrected chi connectivity index (χ2v) is 10.1. The molecule has 180 valence electrons. The predicted molar refractivity (Wildman–Crippen MR) is 140 cm³/mol. The van der Waals surface area contributed by atoms with Crippen molar-refractivity contribution >= 4 is 40.2 Å². The predicted octanol–water partition coefficient (Wildman–Crippen LogP) is 4.17. The number of ether oxygens (including phenoxy) is 1. The SMILES string of the molecule is CCSCCn1cc(C(=O)NCc2ccc(Cl)cc2)c(=O)c2cc(CN3CCOCC3)ccc21. The average Bonchev–Trinajstić information content (AvgIpc) is 2.86. The Balaban J connectivity index is 1.63. The molecule has 1 aliphatic heterocycles. The highest BCUT2D eigenvalue weighted by atomic mass is 35.5. The van der Waals surface area contributed by atoms with E-state index in [9.17, 15) is 9.59 Å². The van der Waals surface area contributed by atoms with Crippen molar-refractivity contribution in [2.75, 3.05) is 37.8 Å². The van der Waals surface area contributed by atoms with E-state index in [1.807, 2.05) is 40.6 Å². The van der Waals surface area contributed by atoms with Gasteiger partial charge in [0.15, 0.2) is 0 Å². The molecular formula is C26H30ClN3O3S. The molecule has 1 aromatic heterocycles. The number of morpholine rings is 1. The lowest BCUT2D eigenvalue weighted by Crippen LogP contribution is -2.35. The minimum absolute atomic E-state index is 0.173. The second kappa shape index (κ2) is 11.9. The van der Waals surface area contributed by atoms with Gasteiger partial charge in [-0.3, -0.25) is 14.5 Å². The summed E-state index contributed by atoms with van der Waals surface area (Å²) in [5.41, 5.74) is 2.80. The van der Waals surface area contributed by atoms with E-state index in [1.165, 1.54) is 0 Å². The molecule has 0 bridgehead atoms. The molecule has 0 saturated carbocycles. The van der Waals surface area contributed by atoms with E-state index < -0.39 is 0 Å². The summed E-state index contributed by atoms with van der Waals surface area (Å²) in [5, 5.41) is 4.13. The minimum atomic E-state index is -0.364. The van der Waals surface area contributed by atoms with Gasteiger partial charge < -0.3 is 14.6 Å². The zero-order valence-electron chi connectivity index (χ0n) is 19.4. The maximum atomic E-state index is 13.4. The van der Waals surface area contributed by atoms with Crippen LogP contribution in [-0.4, -0.2) is 53.2 Å². The van der Waals surface area contributed by atoms with Crippen molar-refractivity contribution in [1.82, 2.24) is 14.8 Å². The van der Waals surface area contributed by atoms with Gasteiger partial charge in [-0.15, -0.1) is 0 Å². The zero-order valence-corrected chi connectivity index (χ0v) is 21.0. The van der Waals surface area contributed by atoms with Gasteiger partial charge in [0.2, 0.25) is 5.43 Å². The number of carbonyl (C=O) groups is 1. The van der Waals surface area contributed by atoms with E-state index in [-0.39, 0.29) is 16.9 Å². The zero-order chi connectivity index (χ0) is 23.9. The molecule has 0 atom stereocenters. The molecule has 1 amide bonds. The third-order valence-corrected chi connectivity index (χ3v) is 7.08. The smallest absolute Gasteiger partial charge is 0.257 e. The van der Waals surface area contributed by atoms with Crippen LogP contribution in [0.4, 0.5) is 0 Å².